The number of hydrogen-bond acceptors (Lipinski definition) is 5. The van der Waals surface area contributed by atoms with Crippen LogP contribution in [-0.4, -0.2) is 21.1 Å². The normalized spacial score (nSPS) is 10.9. The molecule has 0 radical (unpaired) electrons. The number of anilines is 1. The number of rotatable bonds is 4. The number of aromatic nitrogens is 1. The van der Waals surface area contributed by atoms with E-state index in [1.165, 1.54) is 11.3 Å². The third-order valence-electron chi connectivity index (χ3n) is 5.43. The Labute approximate surface area is 194 Å². The van der Waals surface area contributed by atoms with E-state index in [1.807, 2.05) is 43.3 Å². The second kappa shape index (κ2) is 8.41. The number of fused-ring (bicyclic) bond motifs is 1. The molecule has 5 aromatic rings. The molecule has 5 rings (SSSR count). The number of carbonyl (C=O) groups is 1. The summed E-state index contributed by atoms with van der Waals surface area (Å²) in [5, 5.41) is 25.7. The van der Waals surface area contributed by atoms with Crippen LogP contribution < -0.4 is 5.32 Å². The van der Waals surface area contributed by atoms with E-state index in [2.05, 4.69) is 10.3 Å². The van der Waals surface area contributed by atoms with E-state index in [9.17, 15) is 15.0 Å². The number of benzene rings is 4. The highest BCUT2D eigenvalue weighted by atomic mass is 32.1. The summed E-state index contributed by atoms with van der Waals surface area (Å²) in [6, 6.07) is 23.7. The van der Waals surface area contributed by atoms with Gasteiger partial charge in [0, 0.05) is 22.2 Å². The number of nitrogens with one attached hydrogen (secondary N) is 1. The molecule has 1 heterocycles. The van der Waals surface area contributed by atoms with Crippen LogP contribution >= 0.6 is 11.3 Å². The molecule has 4 aromatic carbocycles. The van der Waals surface area contributed by atoms with E-state index in [0.717, 1.165) is 32.3 Å². The van der Waals surface area contributed by atoms with E-state index in [1.54, 1.807) is 48.7 Å². The van der Waals surface area contributed by atoms with Gasteiger partial charge in [-0.3, -0.25) is 10.1 Å². The second-order valence-electron chi connectivity index (χ2n) is 7.76. The zero-order valence-electron chi connectivity index (χ0n) is 17.7. The fourth-order valence-corrected chi connectivity index (χ4v) is 4.54. The standard InChI is InChI=1S/C27H20N2O3S/c1-16-15-28-27(33-16)29-26(32)21-6-2-5-20(13-21)25-23-10-8-18(12-19(23)9-11-24(25)31)17-4-3-7-22(30)14-17/h2-15,30-31H,1H3,(H,28,29,32). The maximum atomic E-state index is 12.8. The fraction of sp³-hybridized carbons (Fsp3) is 0.0370. The predicted octanol–water partition coefficient (Wildman–Crippen LogP) is 6.60. The van der Waals surface area contributed by atoms with Gasteiger partial charge in [0.1, 0.15) is 11.5 Å². The Morgan fingerprint density at radius 3 is 2.45 bits per heavy atom. The summed E-state index contributed by atoms with van der Waals surface area (Å²) in [4.78, 5) is 18.0. The minimum absolute atomic E-state index is 0.140. The Hall–Kier alpha value is -4.16. The number of amides is 1. The van der Waals surface area contributed by atoms with Crippen LogP contribution in [-0.2, 0) is 0 Å². The zero-order valence-corrected chi connectivity index (χ0v) is 18.6. The number of phenols is 2. The first kappa shape index (κ1) is 20.7. The molecular formula is C27H20N2O3S. The molecule has 1 aromatic heterocycles. The summed E-state index contributed by atoms with van der Waals surface area (Å²) in [6.07, 6.45) is 1.72. The van der Waals surface area contributed by atoms with Crippen molar-refractivity contribution in [3.05, 3.63) is 95.5 Å². The smallest absolute Gasteiger partial charge is 0.257 e. The van der Waals surface area contributed by atoms with Crippen LogP contribution in [0.3, 0.4) is 0 Å². The molecule has 0 spiro atoms. The lowest BCUT2D eigenvalue weighted by Gasteiger charge is -2.12. The van der Waals surface area contributed by atoms with E-state index >= 15 is 0 Å². The van der Waals surface area contributed by atoms with Crippen LogP contribution in [0.25, 0.3) is 33.0 Å². The number of hydrogen-bond donors (Lipinski definition) is 3. The lowest BCUT2D eigenvalue weighted by atomic mass is 9.93. The van der Waals surface area contributed by atoms with Crippen LogP contribution in [0.5, 0.6) is 11.5 Å². The minimum atomic E-state index is -0.253. The monoisotopic (exact) mass is 452 g/mol. The molecule has 0 aliphatic carbocycles. The molecule has 33 heavy (non-hydrogen) atoms. The third kappa shape index (κ3) is 4.16. The van der Waals surface area contributed by atoms with Crippen LogP contribution in [0.2, 0.25) is 0 Å². The molecule has 0 saturated carbocycles. The van der Waals surface area contributed by atoms with E-state index in [4.69, 9.17) is 0 Å². The van der Waals surface area contributed by atoms with Gasteiger partial charge in [-0.25, -0.2) is 4.98 Å². The molecule has 0 unspecified atom stereocenters. The van der Waals surface area contributed by atoms with Crippen molar-refractivity contribution in [3.63, 3.8) is 0 Å². The van der Waals surface area contributed by atoms with Crippen molar-refractivity contribution >= 4 is 33.1 Å². The van der Waals surface area contributed by atoms with Gasteiger partial charge in [-0.15, -0.1) is 11.3 Å². The lowest BCUT2D eigenvalue weighted by molar-refractivity contribution is 0.102. The minimum Gasteiger partial charge on any atom is -0.508 e. The van der Waals surface area contributed by atoms with Crippen LogP contribution in [0, 0.1) is 6.92 Å². The number of nitrogens with zero attached hydrogens (tertiary/aromatic N) is 1. The first-order valence-electron chi connectivity index (χ1n) is 10.4. The molecule has 0 atom stereocenters. The van der Waals surface area contributed by atoms with Crippen molar-refractivity contribution in [2.75, 3.05) is 5.32 Å². The Balaban J connectivity index is 1.54. The summed E-state index contributed by atoms with van der Waals surface area (Å²) >= 11 is 1.42. The Kier molecular flexibility index (Phi) is 5.28. The van der Waals surface area contributed by atoms with Gasteiger partial charge in [0.2, 0.25) is 0 Å². The van der Waals surface area contributed by atoms with Gasteiger partial charge in [-0.05, 0) is 70.8 Å². The molecular weight excluding hydrogens is 432 g/mol. The molecule has 3 N–H and O–H groups in total. The summed E-state index contributed by atoms with van der Waals surface area (Å²) in [7, 11) is 0. The Morgan fingerprint density at radius 1 is 0.879 bits per heavy atom. The lowest BCUT2D eigenvalue weighted by Crippen LogP contribution is -2.11. The zero-order chi connectivity index (χ0) is 22.9. The van der Waals surface area contributed by atoms with Crippen LogP contribution in [0.4, 0.5) is 5.13 Å². The first-order chi connectivity index (χ1) is 16.0. The van der Waals surface area contributed by atoms with Crippen LogP contribution in [0.1, 0.15) is 15.2 Å². The number of thiazole rings is 1. The number of aryl methyl sites for hydroxylation is 1. The molecule has 0 fully saturated rings. The fourth-order valence-electron chi connectivity index (χ4n) is 3.88. The van der Waals surface area contributed by atoms with Crippen LogP contribution in [0.15, 0.2) is 85.1 Å². The Morgan fingerprint density at radius 2 is 1.67 bits per heavy atom. The van der Waals surface area contributed by atoms with E-state index in [-0.39, 0.29) is 17.4 Å². The molecule has 0 aliphatic heterocycles. The predicted molar refractivity (Wildman–Crippen MR) is 133 cm³/mol. The van der Waals surface area contributed by atoms with Crippen molar-refractivity contribution in [1.29, 1.82) is 0 Å². The van der Waals surface area contributed by atoms with Gasteiger partial charge < -0.3 is 10.2 Å². The number of phenolic OH excluding ortho intramolecular Hbond substituents is 2. The second-order valence-corrected chi connectivity index (χ2v) is 8.99. The summed E-state index contributed by atoms with van der Waals surface area (Å²) in [5.41, 5.74) is 3.75. The van der Waals surface area contributed by atoms with Gasteiger partial charge in [0.25, 0.3) is 5.91 Å². The average Bonchev–Trinajstić information content (AvgIpc) is 3.23. The number of aromatic hydroxyl groups is 2. The van der Waals surface area contributed by atoms with Crippen molar-refractivity contribution in [3.8, 4) is 33.8 Å². The van der Waals surface area contributed by atoms with Crippen molar-refractivity contribution in [1.82, 2.24) is 4.98 Å². The molecule has 5 nitrogen and oxygen atoms in total. The van der Waals surface area contributed by atoms with Crippen molar-refractivity contribution in [2.24, 2.45) is 0 Å². The summed E-state index contributed by atoms with van der Waals surface area (Å²) in [6.45, 7) is 1.93. The van der Waals surface area contributed by atoms with Crippen molar-refractivity contribution in [2.45, 2.75) is 6.92 Å². The molecule has 162 valence electrons. The summed E-state index contributed by atoms with van der Waals surface area (Å²) in [5.74, 6) is 0.0970. The number of carbonyl (C=O) groups excluding carboxylic acids is 1. The Bertz CT molecular complexity index is 1510. The highest BCUT2D eigenvalue weighted by Gasteiger charge is 2.14. The van der Waals surface area contributed by atoms with Gasteiger partial charge >= 0.3 is 0 Å². The molecule has 6 heteroatoms. The molecule has 0 saturated heterocycles. The van der Waals surface area contributed by atoms with Gasteiger partial charge in [-0.1, -0.05) is 42.5 Å². The van der Waals surface area contributed by atoms with Crippen molar-refractivity contribution < 1.29 is 15.0 Å². The molecule has 0 aliphatic rings. The van der Waals surface area contributed by atoms with E-state index < -0.39 is 0 Å². The van der Waals surface area contributed by atoms with Gasteiger partial charge in [-0.2, -0.15) is 0 Å². The maximum absolute atomic E-state index is 12.8. The highest BCUT2D eigenvalue weighted by molar-refractivity contribution is 7.15. The largest absolute Gasteiger partial charge is 0.508 e. The highest BCUT2D eigenvalue weighted by Crippen LogP contribution is 2.38. The molecule has 0 bridgehead atoms. The topological polar surface area (TPSA) is 82.5 Å². The third-order valence-corrected chi connectivity index (χ3v) is 6.26. The quantitative estimate of drug-likeness (QED) is 0.287. The summed E-state index contributed by atoms with van der Waals surface area (Å²) < 4.78 is 0. The van der Waals surface area contributed by atoms with Gasteiger partial charge in [0.05, 0.1) is 0 Å². The van der Waals surface area contributed by atoms with Gasteiger partial charge in [0.15, 0.2) is 5.13 Å². The average molecular weight is 453 g/mol. The van der Waals surface area contributed by atoms with E-state index in [0.29, 0.717) is 16.3 Å². The molecule has 1 amide bonds. The maximum Gasteiger partial charge on any atom is 0.257 e. The first-order valence-corrected chi connectivity index (χ1v) is 11.2. The SMILES string of the molecule is Cc1cnc(NC(=O)c2cccc(-c3c(O)ccc4cc(-c5cccc(O)c5)ccc34)c2)s1.